The predicted molar refractivity (Wildman–Crippen MR) is 112 cm³/mol. The highest BCUT2D eigenvalue weighted by atomic mass is 32.2. The Morgan fingerprint density at radius 2 is 1.44 bits per heavy atom. The lowest BCUT2D eigenvalue weighted by Crippen LogP contribution is -2.29. The van der Waals surface area contributed by atoms with Crippen LogP contribution in [0.1, 0.15) is 74.0 Å². The number of hydrogen-bond donors (Lipinski definition) is 0. The molecular formula is C23H30O3S. The van der Waals surface area contributed by atoms with Crippen molar-refractivity contribution >= 4 is 15.6 Å². The van der Waals surface area contributed by atoms with Crippen LogP contribution < -0.4 is 0 Å². The van der Waals surface area contributed by atoms with Crippen LogP contribution in [0.15, 0.2) is 48.5 Å². The first-order valence-corrected chi connectivity index (χ1v) is 11.1. The van der Waals surface area contributed by atoms with Gasteiger partial charge in [0.25, 0.3) is 0 Å². The highest BCUT2D eigenvalue weighted by Crippen LogP contribution is 2.22. The summed E-state index contributed by atoms with van der Waals surface area (Å²) in [6.45, 7) is 9.46. The van der Waals surface area contributed by atoms with E-state index in [1.54, 1.807) is 45.0 Å². The van der Waals surface area contributed by atoms with Gasteiger partial charge in [-0.25, -0.2) is 8.42 Å². The van der Waals surface area contributed by atoms with Gasteiger partial charge < -0.3 is 0 Å². The lowest BCUT2D eigenvalue weighted by Gasteiger charge is -2.19. The standard InChI is InChI=1S/C23H30O3S/c1-6-17(2)20-11-7-18(8-12-20)15-22(24)21-13-9-19(10-14-21)16-27(25,26)23(3,4)5/h7-14,17H,6,15-16H2,1-5H3. The third-order valence-corrected chi connectivity index (χ3v) is 7.67. The summed E-state index contributed by atoms with van der Waals surface area (Å²) in [4.78, 5) is 12.5. The zero-order valence-corrected chi connectivity index (χ0v) is 17.8. The molecule has 0 amide bonds. The van der Waals surface area contributed by atoms with Gasteiger partial charge in [-0.2, -0.15) is 0 Å². The van der Waals surface area contributed by atoms with Gasteiger partial charge in [-0.1, -0.05) is 62.4 Å². The Morgan fingerprint density at radius 1 is 0.926 bits per heavy atom. The largest absolute Gasteiger partial charge is 0.294 e. The Morgan fingerprint density at radius 3 is 1.93 bits per heavy atom. The molecule has 2 rings (SSSR count). The van der Waals surface area contributed by atoms with E-state index in [9.17, 15) is 13.2 Å². The van der Waals surface area contributed by atoms with Crippen LogP contribution >= 0.6 is 0 Å². The van der Waals surface area contributed by atoms with Gasteiger partial charge in [-0.3, -0.25) is 4.79 Å². The first-order chi connectivity index (χ1) is 12.5. The number of sulfone groups is 1. The van der Waals surface area contributed by atoms with E-state index in [2.05, 4.69) is 26.0 Å². The van der Waals surface area contributed by atoms with E-state index in [1.165, 1.54) is 5.56 Å². The SMILES string of the molecule is CCC(C)c1ccc(CC(=O)c2ccc(CS(=O)(=O)C(C)(C)C)cc2)cc1. The lowest BCUT2D eigenvalue weighted by atomic mass is 9.96. The Hall–Kier alpha value is -1.94. The quantitative estimate of drug-likeness (QED) is 0.604. The molecule has 4 heteroatoms. The molecule has 0 aliphatic heterocycles. The second-order valence-electron chi connectivity index (χ2n) is 8.22. The van der Waals surface area contributed by atoms with Crippen molar-refractivity contribution in [3.05, 3.63) is 70.8 Å². The van der Waals surface area contributed by atoms with Crippen molar-refractivity contribution in [1.82, 2.24) is 0 Å². The molecule has 0 saturated heterocycles. The van der Waals surface area contributed by atoms with Gasteiger partial charge in [0.2, 0.25) is 0 Å². The van der Waals surface area contributed by atoms with Gasteiger partial charge in [0.15, 0.2) is 15.6 Å². The second-order valence-corrected chi connectivity index (χ2v) is 11.0. The maximum atomic E-state index is 12.5. The average Bonchev–Trinajstić information content (AvgIpc) is 2.61. The molecule has 27 heavy (non-hydrogen) atoms. The third kappa shape index (κ3) is 5.52. The molecule has 1 atom stereocenters. The van der Waals surface area contributed by atoms with E-state index in [4.69, 9.17) is 0 Å². The molecular weight excluding hydrogens is 356 g/mol. The number of rotatable bonds is 7. The second kappa shape index (κ2) is 8.39. The Labute approximate surface area is 163 Å². The van der Waals surface area contributed by atoms with Crippen LogP contribution in [0.2, 0.25) is 0 Å². The van der Waals surface area contributed by atoms with Gasteiger partial charge >= 0.3 is 0 Å². The molecule has 1 unspecified atom stereocenters. The van der Waals surface area contributed by atoms with Crippen molar-refractivity contribution < 1.29 is 13.2 Å². The Balaban J connectivity index is 2.05. The van der Waals surface area contributed by atoms with Gasteiger partial charge in [0.05, 0.1) is 10.5 Å². The highest BCUT2D eigenvalue weighted by molar-refractivity contribution is 7.91. The van der Waals surface area contributed by atoms with Gasteiger partial charge in [0, 0.05) is 12.0 Å². The summed E-state index contributed by atoms with van der Waals surface area (Å²) < 4.78 is 23.8. The van der Waals surface area contributed by atoms with Crippen LogP contribution in [-0.2, 0) is 22.0 Å². The molecule has 0 fully saturated rings. The molecule has 0 N–H and O–H groups in total. The molecule has 3 nitrogen and oxygen atoms in total. The normalized spacial score (nSPS) is 13.4. The van der Waals surface area contributed by atoms with E-state index in [0.29, 0.717) is 23.5 Å². The zero-order chi connectivity index (χ0) is 20.2. The van der Waals surface area contributed by atoms with E-state index < -0.39 is 14.6 Å². The summed E-state index contributed by atoms with van der Waals surface area (Å²) in [6.07, 6.45) is 1.44. The van der Waals surface area contributed by atoms with Gasteiger partial charge in [0.1, 0.15) is 0 Å². The van der Waals surface area contributed by atoms with Crippen molar-refractivity contribution in [3.8, 4) is 0 Å². The van der Waals surface area contributed by atoms with Crippen LogP contribution in [-0.4, -0.2) is 18.9 Å². The molecule has 146 valence electrons. The van der Waals surface area contributed by atoms with Crippen molar-refractivity contribution in [3.63, 3.8) is 0 Å². The molecule has 2 aromatic carbocycles. The summed E-state index contributed by atoms with van der Waals surface area (Å²) in [5.41, 5.74) is 3.60. The molecule has 0 bridgehead atoms. The smallest absolute Gasteiger partial charge is 0.167 e. The number of ketones is 1. The van der Waals surface area contributed by atoms with E-state index in [1.807, 2.05) is 12.1 Å². The van der Waals surface area contributed by atoms with E-state index in [0.717, 1.165) is 12.0 Å². The number of hydrogen-bond acceptors (Lipinski definition) is 3. The molecule has 0 spiro atoms. The molecule has 0 aliphatic carbocycles. The molecule has 0 radical (unpaired) electrons. The van der Waals surface area contributed by atoms with Crippen LogP contribution in [0, 0.1) is 0 Å². The van der Waals surface area contributed by atoms with E-state index >= 15 is 0 Å². The number of benzene rings is 2. The maximum absolute atomic E-state index is 12.5. The summed E-state index contributed by atoms with van der Waals surface area (Å²) in [7, 11) is -3.23. The predicted octanol–water partition coefficient (Wildman–Crippen LogP) is 5.34. The summed E-state index contributed by atoms with van der Waals surface area (Å²) >= 11 is 0. The van der Waals surface area contributed by atoms with Crippen molar-refractivity contribution in [1.29, 1.82) is 0 Å². The number of Topliss-reactive ketones (excluding diaryl/α,β-unsaturated/α-hetero) is 1. The number of carbonyl (C=O) groups excluding carboxylic acids is 1. The van der Waals surface area contributed by atoms with Crippen LogP contribution in [0.5, 0.6) is 0 Å². The Bertz CT molecular complexity index is 871. The molecule has 2 aromatic rings. The monoisotopic (exact) mass is 386 g/mol. The summed E-state index contributed by atoms with van der Waals surface area (Å²) in [6, 6.07) is 15.2. The fourth-order valence-corrected chi connectivity index (χ4v) is 3.77. The minimum atomic E-state index is -3.23. The molecule has 0 aliphatic rings. The van der Waals surface area contributed by atoms with Crippen LogP contribution in [0.3, 0.4) is 0 Å². The topological polar surface area (TPSA) is 51.2 Å². The average molecular weight is 387 g/mol. The van der Waals surface area contributed by atoms with Crippen molar-refractivity contribution in [2.75, 3.05) is 0 Å². The number of carbonyl (C=O) groups is 1. The van der Waals surface area contributed by atoms with Crippen LogP contribution in [0.4, 0.5) is 0 Å². The van der Waals surface area contributed by atoms with E-state index in [-0.39, 0.29) is 11.5 Å². The molecule has 0 heterocycles. The molecule has 0 saturated carbocycles. The zero-order valence-electron chi connectivity index (χ0n) is 17.0. The van der Waals surface area contributed by atoms with Crippen molar-refractivity contribution in [2.45, 2.75) is 63.9 Å². The fourth-order valence-electron chi connectivity index (χ4n) is 2.71. The minimum absolute atomic E-state index is 0.0119. The maximum Gasteiger partial charge on any atom is 0.167 e. The lowest BCUT2D eigenvalue weighted by molar-refractivity contribution is 0.0993. The fraction of sp³-hybridized carbons (Fsp3) is 0.435. The highest BCUT2D eigenvalue weighted by Gasteiger charge is 2.28. The first kappa shape index (κ1) is 21.4. The van der Waals surface area contributed by atoms with Gasteiger partial charge in [-0.15, -0.1) is 0 Å². The Kier molecular flexibility index (Phi) is 6.63. The van der Waals surface area contributed by atoms with Crippen molar-refractivity contribution in [2.24, 2.45) is 0 Å². The summed E-state index contributed by atoms with van der Waals surface area (Å²) in [5, 5.41) is 0. The minimum Gasteiger partial charge on any atom is -0.294 e. The summed E-state index contributed by atoms with van der Waals surface area (Å²) in [5.74, 6) is 0.547. The third-order valence-electron chi connectivity index (χ3n) is 5.09. The van der Waals surface area contributed by atoms with Crippen LogP contribution in [0.25, 0.3) is 0 Å². The van der Waals surface area contributed by atoms with Gasteiger partial charge in [-0.05, 0) is 49.8 Å². The molecule has 0 aromatic heterocycles. The first-order valence-electron chi connectivity index (χ1n) is 9.47.